The van der Waals surface area contributed by atoms with Crippen LogP contribution in [0.5, 0.6) is 0 Å². The Bertz CT molecular complexity index is 771. The van der Waals surface area contributed by atoms with Gasteiger partial charge in [0.2, 0.25) is 5.91 Å². The first-order chi connectivity index (χ1) is 10.3. The van der Waals surface area contributed by atoms with Crippen molar-refractivity contribution in [1.82, 2.24) is 0 Å². The molecule has 2 rings (SSSR count). The summed E-state index contributed by atoms with van der Waals surface area (Å²) in [7, 11) is -2.06. The SMILES string of the molecule is CC(=O)N(C)c1ccc(S(=O)(=O)Nc2ccc(Cl)cc2)cc1. The quantitative estimate of drug-likeness (QED) is 0.931. The first kappa shape index (κ1) is 16.3. The van der Waals surface area contributed by atoms with Crippen LogP contribution in [0.25, 0.3) is 0 Å². The zero-order valence-electron chi connectivity index (χ0n) is 12.1. The Morgan fingerprint density at radius 1 is 1.05 bits per heavy atom. The molecule has 0 aromatic heterocycles. The number of benzene rings is 2. The molecule has 116 valence electrons. The molecular formula is C15H15ClN2O3S. The van der Waals surface area contributed by atoms with Gasteiger partial charge in [-0.2, -0.15) is 0 Å². The van der Waals surface area contributed by atoms with Gasteiger partial charge >= 0.3 is 0 Å². The third-order valence-corrected chi connectivity index (χ3v) is 4.75. The van der Waals surface area contributed by atoms with E-state index in [9.17, 15) is 13.2 Å². The van der Waals surface area contributed by atoms with Crippen molar-refractivity contribution >= 4 is 38.9 Å². The smallest absolute Gasteiger partial charge is 0.261 e. The molecule has 0 aliphatic carbocycles. The van der Waals surface area contributed by atoms with E-state index in [1.165, 1.54) is 24.0 Å². The number of amides is 1. The molecule has 0 aliphatic heterocycles. The predicted octanol–water partition coefficient (Wildman–Crippen LogP) is 3.12. The summed E-state index contributed by atoms with van der Waals surface area (Å²) in [5, 5.41) is 0.527. The molecular weight excluding hydrogens is 324 g/mol. The number of hydrogen-bond donors (Lipinski definition) is 1. The number of anilines is 2. The van der Waals surface area contributed by atoms with Crippen molar-refractivity contribution in [1.29, 1.82) is 0 Å². The van der Waals surface area contributed by atoms with Gasteiger partial charge < -0.3 is 4.90 Å². The zero-order valence-corrected chi connectivity index (χ0v) is 13.6. The molecule has 0 unspecified atom stereocenters. The highest BCUT2D eigenvalue weighted by Crippen LogP contribution is 2.21. The van der Waals surface area contributed by atoms with Gasteiger partial charge in [-0.15, -0.1) is 0 Å². The van der Waals surface area contributed by atoms with Crippen LogP contribution >= 0.6 is 11.6 Å². The van der Waals surface area contributed by atoms with Crippen LogP contribution < -0.4 is 9.62 Å². The monoisotopic (exact) mass is 338 g/mol. The second-order valence-corrected chi connectivity index (χ2v) is 6.80. The van der Waals surface area contributed by atoms with Gasteiger partial charge in [-0.05, 0) is 48.5 Å². The van der Waals surface area contributed by atoms with Gasteiger partial charge in [0, 0.05) is 30.4 Å². The summed E-state index contributed by atoms with van der Waals surface area (Å²) in [6.45, 7) is 1.44. The lowest BCUT2D eigenvalue weighted by atomic mass is 10.3. The molecule has 0 spiro atoms. The third kappa shape index (κ3) is 3.78. The Labute approximate surface area is 134 Å². The molecule has 0 fully saturated rings. The van der Waals surface area contributed by atoms with E-state index in [1.54, 1.807) is 43.4 Å². The van der Waals surface area contributed by atoms with Crippen molar-refractivity contribution in [3.63, 3.8) is 0 Å². The molecule has 2 aromatic rings. The van der Waals surface area contributed by atoms with Gasteiger partial charge in [-0.1, -0.05) is 11.6 Å². The fourth-order valence-electron chi connectivity index (χ4n) is 1.76. The maximum atomic E-state index is 12.3. The number of nitrogens with zero attached hydrogens (tertiary/aromatic N) is 1. The Morgan fingerprint density at radius 3 is 2.09 bits per heavy atom. The largest absolute Gasteiger partial charge is 0.316 e. The van der Waals surface area contributed by atoms with Crippen molar-refractivity contribution in [2.24, 2.45) is 0 Å². The van der Waals surface area contributed by atoms with Crippen LogP contribution in [-0.4, -0.2) is 21.4 Å². The second kappa shape index (κ2) is 6.37. The third-order valence-electron chi connectivity index (χ3n) is 3.10. The normalized spacial score (nSPS) is 11.0. The fraction of sp³-hybridized carbons (Fsp3) is 0.133. The van der Waals surface area contributed by atoms with Gasteiger partial charge in [0.25, 0.3) is 10.0 Å². The van der Waals surface area contributed by atoms with Crippen molar-refractivity contribution in [3.05, 3.63) is 53.6 Å². The lowest BCUT2D eigenvalue weighted by Crippen LogP contribution is -2.22. The summed E-state index contributed by atoms with van der Waals surface area (Å²) < 4.78 is 27.0. The van der Waals surface area contributed by atoms with Crippen molar-refractivity contribution in [2.45, 2.75) is 11.8 Å². The van der Waals surface area contributed by atoms with E-state index >= 15 is 0 Å². The maximum absolute atomic E-state index is 12.3. The Kier molecular flexibility index (Phi) is 4.73. The standard InChI is InChI=1S/C15H15ClN2O3S/c1-11(19)18(2)14-7-9-15(10-8-14)22(20,21)17-13-5-3-12(16)4-6-13/h3-10,17H,1-2H3. The van der Waals surface area contributed by atoms with Gasteiger partial charge in [-0.3, -0.25) is 9.52 Å². The van der Waals surface area contributed by atoms with Crippen LogP contribution in [0.3, 0.4) is 0 Å². The highest BCUT2D eigenvalue weighted by molar-refractivity contribution is 7.92. The van der Waals surface area contributed by atoms with Gasteiger partial charge in [0.05, 0.1) is 4.90 Å². The van der Waals surface area contributed by atoms with Crippen LogP contribution in [0.2, 0.25) is 5.02 Å². The zero-order chi connectivity index (χ0) is 16.3. The molecule has 0 saturated carbocycles. The van der Waals surface area contributed by atoms with E-state index in [4.69, 9.17) is 11.6 Å². The molecule has 7 heteroatoms. The Morgan fingerprint density at radius 2 is 1.59 bits per heavy atom. The van der Waals surface area contributed by atoms with Crippen molar-refractivity contribution in [2.75, 3.05) is 16.7 Å². The lowest BCUT2D eigenvalue weighted by Gasteiger charge is -2.15. The molecule has 0 heterocycles. The number of rotatable bonds is 4. The van der Waals surface area contributed by atoms with Crippen molar-refractivity contribution < 1.29 is 13.2 Å². The number of halogens is 1. The average Bonchev–Trinajstić information content (AvgIpc) is 2.48. The average molecular weight is 339 g/mol. The minimum Gasteiger partial charge on any atom is -0.316 e. The highest BCUT2D eigenvalue weighted by atomic mass is 35.5. The van der Waals surface area contributed by atoms with E-state index in [2.05, 4.69) is 4.72 Å². The van der Waals surface area contributed by atoms with E-state index < -0.39 is 10.0 Å². The van der Waals surface area contributed by atoms with E-state index in [1.807, 2.05) is 0 Å². The molecule has 5 nitrogen and oxygen atoms in total. The van der Waals surface area contributed by atoms with Crippen LogP contribution in [0.15, 0.2) is 53.4 Å². The van der Waals surface area contributed by atoms with Gasteiger partial charge in [0.1, 0.15) is 0 Å². The number of sulfonamides is 1. The minimum atomic E-state index is -3.69. The molecule has 1 amide bonds. The fourth-order valence-corrected chi connectivity index (χ4v) is 2.95. The predicted molar refractivity (Wildman–Crippen MR) is 87.8 cm³/mol. The number of nitrogens with one attached hydrogen (secondary N) is 1. The summed E-state index contributed by atoms with van der Waals surface area (Å²) in [6.07, 6.45) is 0. The van der Waals surface area contributed by atoms with Crippen LogP contribution in [-0.2, 0) is 14.8 Å². The highest BCUT2D eigenvalue weighted by Gasteiger charge is 2.15. The summed E-state index contributed by atoms with van der Waals surface area (Å²) in [6, 6.07) is 12.4. The topological polar surface area (TPSA) is 66.5 Å². The summed E-state index contributed by atoms with van der Waals surface area (Å²) >= 11 is 5.76. The maximum Gasteiger partial charge on any atom is 0.261 e. The van der Waals surface area contributed by atoms with Gasteiger partial charge in [-0.25, -0.2) is 8.42 Å². The second-order valence-electron chi connectivity index (χ2n) is 4.68. The first-order valence-electron chi connectivity index (χ1n) is 6.42. The minimum absolute atomic E-state index is 0.114. The lowest BCUT2D eigenvalue weighted by molar-refractivity contribution is -0.116. The van der Waals surface area contributed by atoms with E-state index in [-0.39, 0.29) is 10.8 Å². The van der Waals surface area contributed by atoms with Gasteiger partial charge in [0.15, 0.2) is 0 Å². The molecule has 0 radical (unpaired) electrons. The Hall–Kier alpha value is -2.05. The molecule has 0 aliphatic rings. The molecule has 0 saturated heterocycles. The van der Waals surface area contributed by atoms with E-state index in [0.29, 0.717) is 16.4 Å². The first-order valence-corrected chi connectivity index (χ1v) is 8.28. The van der Waals surface area contributed by atoms with Crippen LogP contribution in [0, 0.1) is 0 Å². The van der Waals surface area contributed by atoms with Crippen LogP contribution in [0.4, 0.5) is 11.4 Å². The molecule has 2 aromatic carbocycles. The number of hydrogen-bond acceptors (Lipinski definition) is 3. The molecule has 22 heavy (non-hydrogen) atoms. The Balaban J connectivity index is 2.22. The number of carbonyl (C=O) groups is 1. The molecule has 0 bridgehead atoms. The molecule has 1 N–H and O–H groups in total. The van der Waals surface area contributed by atoms with Crippen LogP contribution in [0.1, 0.15) is 6.92 Å². The summed E-state index contributed by atoms with van der Waals surface area (Å²) in [4.78, 5) is 12.8. The van der Waals surface area contributed by atoms with Crippen molar-refractivity contribution in [3.8, 4) is 0 Å². The summed E-state index contributed by atoms with van der Waals surface area (Å²) in [5.41, 5.74) is 1.05. The van der Waals surface area contributed by atoms with E-state index in [0.717, 1.165) is 0 Å². The molecule has 0 atom stereocenters. The summed E-state index contributed by atoms with van der Waals surface area (Å²) in [5.74, 6) is -0.130. The number of carbonyl (C=O) groups excluding carboxylic acids is 1.